The van der Waals surface area contributed by atoms with Crippen LogP contribution in [0.25, 0.3) is 0 Å². The zero-order valence-electron chi connectivity index (χ0n) is 7.44. The highest BCUT2D eigenvalue weighted by atomic mass is 16.4. The molecule has 0 saturated heterocycles. The van der Waals surface area contributed by atoms with Gasteiger partial charge in [-0.1, -0.05) is 6.07 Å². The monoisotopic (exact) mass is 195 g/mol. The van der Waals surface area contributed by atoms with Gasteiger partial charge in [-0.3, -0.25) is 0 Å². The molecule has 5 heteroatoms. The van der Waals surface area contributed by atoms with Gasteiger partial charge in [0.2, 0.25) is 0 Å². The van der Waals surface area contributed by atoms with Crippen molar-refractivity contribution in [3.05, 3.63) is 28.8 Å². The number of nitrogen functional groups attached to an aromatic ring is 1. The van der Waals surface area contributed by atoms with Crippen LogP contribution in [0.4, 0.5) is 5.69 Å². The van der Waals surface area contributed by atoms with Crippen LogP contribution in [0.3, 0.4) is 0 Å². The number of carbonyl (C=O) groups is 2. The number of aromatic carboxylic acids is 2. The number of hydrogen-bond acceptors (Lipinski definition) is 3. The average molecular weight is 195 g/mol. The summed E-state index contributed by atoms with van der Waals surface area (Å²) in [6.45, 7) is 1.52. The first-order valence-electron chi connectivity index (χ1n) is 3.80. The maximum atomic E-state index is 10.8. The van der Waals surface area contributed by atoms with Crippen LogP contribution >= 0.6 is 0 Å². The highest BCUT2D eigenvalue weighted by Crippen LogP contribution is 2.20. The topological polar surface area (TPSA) is 101 Å². The second-order valence-corrected chi connectivity index (χ2v) is 2.83. The molecule has 74 valence electrons. The number of carboxylic acids is 2. The summed E-state index contributed by atoms with van der Waals surface area (Å²) < 4.78 is 0. The second kappa shape index (κ2) is 3.37. The van der Waals surface area contributed by atoms with Gasteiger partial charge < -0.3 is 15.9 Å². The number of benzene rings is 1. The van der Waals surface area contributed by atoms with Gasteiger partial charge in [0.25, 0.3) is 0 Å². The number of nitrogens with two attached hydrogens (primary N) is 1. The Morgan fingerprint density at radius 2 is 1.64 bits per heavy atom. The Balaban J connectivity index is 3.58. The summed E-state index contributed by atoms with van der Waals surface area (Å²) in [6, 6.07) is 2.86. The molecule has 0 saturated carbocycles. The number of carboxylic acid groups (broad SMARTS) is 2. The predicted octanol–water partition coefficient (Wildman–Crippen LogP) is 0.974. The molecule has 0 spiro atoms. The molecule has 0 aromatic heterocycles. The Hall–Kier alpha value is -2.04. The zero-order chi connectivity index (χ0) is 10.9. The molecule has 1 aromatic carbocycles. The SMILES string of the molecule is Cc1ccc(N)c(C(=O)O)c1C(=O)O. The van der Waals surface area contributed by atoms with E-state index in [4.69, 9.17) is 15.9 Å². The van der Waals surface area contributed by atoms with Gasteiger partial charge in [0.1, 0.15) is 0 Å². The maximum absolute atomic E-state index is 10.8. The van der Waals surface area contributed by atoms with Crippen molar-refractivity contribution < 1.29 is 19.8 Å². The summed E-state index contributed by atoms with van der Waals surface area (Å²) in [7, 11) is 0. The standard InChI is InChI=1S/C9H9NO4/c1-4-2-3-5(10)7(9(13)14)6(4)8(11)12/h2-3H,10H2,1H3,(H,11,12)(H,13,14). The molecule has 4 N–H and O–H groups in total. The fourth-order valence-corrected chi connectivity index (χ4v) is 1.23. The second-order valence-electron chi connectivity index (χ2n) is 2.83. The Bertz CT molecular complexity index is 373. The molecule has 0 radical (unpaired) electrons. The van der Waals surface area contributed by atoms with Crippen molar-refractivity contribution in [2.24, 2.45) is 0 Å². The molecule has 5 nitrogen and oxygen atoms in total. The molecule has 0 aliphatic carbocycles. The molecule has 14 heavy (non-hydrogen) atoms. The van der Waals surface area contributed by atoms with Crippen LogP contribution in [0.2, 0.25) is 0 Å². The van der Waals surface area contributed by atoms with Gasteiger partial charge in [-0.2, -0.15) is 0 Å². The van der Waals surface area contributed by atoms with E-state index < -0.39 is 11.9 Å². The summed E-state index contributed by atoms with van der Waals surface area (Å²) in [5, 5.41) is 17.6. The predicted molar refractivity (Wildman–Crippen MR) is 49.5 cm³/mol. The van der Waals surface area contributed by atoms with Crippen molar-refractivity contribution in [1.29, 1.82) is 0 Å². The first-order chi connectivity index (χ1) is 6.45. The van der Waals surface area contributed by atoms with Crippen molar-refractivity contribution in [2.45, 2.75) is 6.92 Å². The molecule has 0 amide bonds. The lowest BCUT2D eigenvalue weighted by Crippen LogP contribution is -2.12. The van der Waals surface area contributed by atoms with Gasteiger partial charge in [-0.25, -0.2) is 9.59 Å². The van der Waals surface area contributed by atoms with E-state index in [2.05, 4.69) is 0 Å². The summed E-state index contributed by atoms with van der Waals surface area (Å²) in [4.78, 5) is 21.5. The molecular weight excluding hydrogens is 186 g/mol. The Morgan fingerprint density at radius 3 is 2.00 bits per heavy atom. The molecule has 0 aliphatic heterocycles. The van der Waals surface area contributed by atoms with Crippen LogP contribution in [-0.2, 0) is 0 Å². The smallest absolute Gasteiger partial charge is 0.338 e. The van der Waals surface area contributed by atoms with Crippen molar-refractivity contribution in [3.63, 3.8) is 0 Å². The normalized spacial score (nSPS) is 9.79. The molecule has 1 rings (SSSR count). The molecule has 0 fully saturated rings. The first-order valence-corrected chi connectivity index (χ1v) is 3.80. The van der Waals surface area contributed by atoms with Crippen LogP contribution < -0.4 is 5.73 Å². The summed E-state index contributed by atoms with van der Waals surface area (Å²) in [5.41, 5.74) is 5.12. The van der Waals surface area contributed by atoms with Crippen molar-refractivity contribution in [1.82, 2.24) is 0 Å². The van der Waals surface area contributed by atoms with E-state index in [1.54, 1.807) is 0 Å². The van der Waals surface area contributed by atoms with Crippen molar-refractivity contribution in [2.75, 3.05) is 5.73 Å². The quantitative estimate of drug-likeness (QED) is 0.610. The lowest BCUT2D eigenvalue weighted by Gasteiger charge is -2.07. The third kappa shape index (κ3) is 1.52. The van der Waals surface area contributed by atoms with Crippen LogP contribution in [0, 0.1) is 6.92 Å². The van der Waals surface area contributed by atoms with E-state index in [9.17, 15) is 9.59 Å². The largest absolute Gasteiger partial charge is 0.478 e. The zero-order valence-corrected chi connectivity index (χ0v) is 7.44. The molecule has 1 aromatic rings. The lowest BCUT2D eigenvalue weighted by molar-refractivity contribution is 0.0651. The van der Waals surface area contributed by atoms with Crippen LogP contribution in [-0.4, -0.2) is 22.2 Å². The molecule has 0 aliphatic rings. The molecule has 0 unspecified atom stereocenters. The van der Waals surface area contributed by atoms with E-state index in [1.807, 2.05) is 0 Å². The fourth-order valence-electron chi connectivity index (χ4n) is 1.23. The molecule has 0 bridgehead atoms. The molecular formula is C9H9NO4. The maximum Gasteiger partial charge on any atom is 0.338 e. The number of hydrogen-bond donors (Lipinski definition) is 3. The number of anilines is 1. The van der Waals surface area contributed by atoms with Gasteiger partial charge in [-0.15, -0.1) is 0 Å². The molecule has 0 heterocycles. The van der Waals surface area contributed by atoms with Crippen LogP contribution in [0.1, 0.15) is 26.3 Å². The minimum absolute atomic E-state index is 0.0412. The van der Waals surface area contributed by atoms with E-state index >= 15 is 0 Å². The van der Waals surface area contributed by atoms with E-state index in [0.29, 0.717) is 5.56 Å². The summed E-state index contributed by atoms with van der Waals surface area (Å²) in [5.74, 6) is -2.61. The van der Waals surface area contributed by atoms with E-state index in [1.165, 1.54) is 19.1 Å². The number of aryl methyl sites for hydroxylation is 1. The van der Waals surface area contributed by atoms with Crippen LogP contribution in [0.15, 0.2) is 12.1 Å². The Labute approximate surface area is 79.8 Å². The number of rotatable bonds is 2. The Morgan fingerprint density at radius 1 is 1.14 bits per heavy atom. The highest BCUT2D eigenvalue weighted by Gasteiger charge is 2.20. The third-order valence-electron chi connectivity index (χ3n) is 1.87. The van der Waals surface area contributed by atoms with Gasteiger partial charge in [0.15, 0.2) is 0 Å². The van der Waals surface area contributed by atoms with Gasteiger partial charge in [-0.05, 0) is 18.6 Å². The van der Waals surface area contributed by atoms with Crippen LogP contribution in [0.5, 0.6) is 0 Å². The van der Waals surface area contributed by atoms with Gasteiger partial charge in [0.05, 0.1) is 11.1 Å². The first kappa shape index (κ1) is 10.0. The minimum Gasteiger partial charge on any atom is -0.478 e. The van der Waals surface area contributed by atoms with Crippen molar-refractivity contribution in [3.8, 4) is 0 Å². The summed E-state index contributed by atoms with van der Waals surface area (Å²) >= 11 is 0. The summed E-state index contributed by atoms with van der Waals surface area (Å²) in [6.07, 6.45) is 0. The van der Waals surface area contributed by atoms with Crippen molar-refractivity contribution >= 4 is 17.6 Å². The fraction of sp³-hybridized carbons (Fsp3) is 0.111. The lowest BCUT2D eigenvalue weighted by atomic mass is 10.0. The highest BCUT2D eigenvalue weighted by molar-refractivity contribution is 6.06. The average Bonchev–Trinajstić information content (AvgIpc) is 2.07. The minimum atomic E-state index is -1.33. The van der Waals surface area contributed by atoms with Gasteiger partial charge >= 0.3 is 11.9 Å². The third-order valence-corrected chi connectivity index (χ3v) is 1.87. The Kier molecular flexibility index (Phi) is 2.42. The molecule has 0 atom stereocenters. The van der Waals surface area contributed by atoms with E-state index in [0.717, 1.165) is 0 Å². The van der Waals surface area contributed by atoms with E-state index in [-0.39, 0.29) is 16.8 Å². The van der Waals surface area contributed by atoms with Gasteiger partial charge in [0, 0.05) is 5.69 Å².